The quantitative estimate of drug-likeness (QED) is 0.284. The van der Waals surface area contributed by atoms with Gasteiger partial charge in [-0.15, -0.1) is 0 Å². The molecule has 0 bridgehead atoms. The Balaban J connectivity index is 0. The SMILES string of the molecule is CC(C)CCCCCCCCCCCCCCCN.CCCN(C)C. The molecule has 0 amide bonds. The molecule has 0 atom stereocenters. The molecule has 2 nitrogen and oxygen atoms in total. The molecular weight excluding hydrogens is 304 g/mol. The largest absolute Gasteiger partial charge is 0.330 e. The summed E-state index contributed by atoms with van der Waals surface area (Å²) in [4.78, 5) is 2.18. The summed E-state index contributed by atoms with van der Waals surface area (Å²) < 4.78 is 0. The third kappa shape index (κ3) is 32.1. The van der Waals surface area contributed by atoms with E-state index in [0.29, 0.717) is 0 Å². The van der Waals surface area contributed by atoms with Gasteiger partial charge in [0.15, 0.2) is 0 Å². The highest BCUT2D eigenvalue weighted by Crippen LogP contribution is 2.14. The molecule has 0 aliphatic heterocycles. The Bertz CT molecular complexity index is 214. The zero-order chi connectivity index (χ0) is 19.2. The van der Waals surface area contributed by atoms with Gasteiger partial charge in [0.05, 0.1) is 0 Å². The number of rotatable bonds is 17. The van der Waals surface area contributed by atoms with Crippen molar-refractivity contribution in [1.29, 1.82) is 0 Å². The molecule has 0 aromatic rings. The average Bonchev–Trinajstić information content (AvgIpc) is 2.55. The number of unbranched alkanes of at least 4 members (excludes halogenated alkanes) is 12. The van der Waals surface area contributed by atoms with Crippen LogP contribution in [0.5, 0.6) is 0 Å². The predicted molar refractivity (Wildman–Crippen MR) is 117 cm³/mol. The average molecular weight is 357 g/mol. The van der Waals surface area contributed by atoms with Crippen LogP contribution in [0.4, 0.5) is 0 Å². The van der Waals surface area contributed by atoms with Crippen molar-refractivity contribution in [3.63, 3.8) is 0 Å². The van der Waals surface area contributed by atoms with E-state index in [1.165, 1.54) is 103 Å². The van der Waals surface area contributed by atoms with Crippen LogP contribution >= 0.6 is 0 Å². The smallest absolute Gasteiger partial charge is 0.00275 e. The summed E-state index contributed by atoms with van der Waals surface area (Å²) >= 11 is 0. The Morgan fingerprint density at radius 1 is 0.640 bits per heavy atom. The second kappa shape index (κ2) is 23.9. The first-order valence-electron chi connectivity index (χ1n) is 11.4. The normalized spacial score (nSPS) is 11.0. The van der Waals surface area contributed by atoms with Crippen molar-refractivity contribution in [2.45, 2.75) is 117 Å². The summed E-state index contributed by atoms with van der Waals surface area (Å²) in [5, 5.41) is 0. The molecule has 0 unspecified atom stereocenters. The van der Waals surface area contributed by atoms with Gasteiger partial charge in [-0.3, -0.25) is 0 Å². The van der Waals surface area contributed by atoms with Gasteiger partial charge in [-0.05, 0) is 45.9 Å². The van der Waals surface area contributed by atoms with E-state index in [2.05, 4.69) is 39.8 Å². The summed E-state index contributed by atoms with van der Waals surface area (Å²) in [5.74, 6) is 0.893. The van der Waals surface area contributed by atoms with Gasteiger partial charge in [0.1, 0.15) is 0 Å². The van der Waals surface area contributed by atoms with Crippen molar-refractivity contribution in [3.05, 3.63) is 0 Å². The highest BCUT2D eigenvalue weighted by Gasteiger charge is 1.95. The van der Waals surface area contributed by atoms with Gasteiger partial charge in [-0.1, -0.05) is 104 Å². The van der Waals surface area contributed by atoms with Crippen LogP contribution in [-0.2, 0) is 0 Å². The van der Waals surface area contributed by atoms with Crippen molar-refractivity contribution >= 4 is 0 Å². The van der Waals surface area contributed by atoms with Crippen molar-refractivity contribution < 1.29 is 0 Å². The zero-order valence-corrected chi connectivity index (χ0v) is 18.6. The lowest BCUT2D eigenvalue weighted by atomic mass is 10.0. The lowest BCUT2D eigenvalue weighted by Gasteiger charge is -2.04. The number of nitrogens with zero attached hydrogens (tertiary/aromatic N) is 1. The molecule has 0 aliphatic rings. The van der Waals surface area contributed by atoms with E-state index in [-0.39, 0.29) is 0 Å². The van der Waals surface area contributed by atoms with E-state index in [4.69, 9.17) is 5.73 Å². The van der Waals surface area contributed by atoms with Crippen LogP contribution < -0.4 is 5.73 Å². The molecule has 154 valence electrons. The van der Waals surface area contributed by atoms with E-state index in [1.54, 1.807) is 0 Å². The minimum absolute atomic E-state index is 0.872. The van der Waals surface area contributed by atoms with E-state index >= 15 is 0 Å². The lowest BCUT2D eigenvalue weighted by molar-refractivity contribution is 0.408. The summed E-state index contributed by atoms with van der Waals surface area (Å²) in [7, 11) is 4.17. The van der Waals surface area contributed by atoms with Crippen molar-refractivity contribution in [2.75, 3.05) is 27.2 Å². The van der Waals surface area contributed by atoms with E-state index < -0.39 is 0 Å². The second-order valence-electron chi connectivity index (χ2n) is 8.37. The van der Waals surface area contributed by atoms with Gasteiger partial charge in [-0.25, -0.2) is 0 Å². The fourth-order valence-electron chi connectivity index (χ4n) is 3.09. The number of nitrogens with two attached hydrogens (primary N) is 1. The fraction of sp³-hybridized carbons (Fsp3) is 1.00. The van der Waals surface area contributed by atoms with Crippen LogP contribution in [0.1, 0.15) is 117 Å². The minimum atomic E-state index is 0.872. The van der Waals surface area contributed by atoms with Crippen LogP contribution in [0, 0.1) is 5.92 Å². The molecule has 25 heavy (non-hydrogen) atoms. The van der Waals surface area contributed by atoms with E-state index in [1.807, 2.05) is 0 Å². The first-order valence-corrected chi connectivity index (χ1v) is 11.4. The molecular formula is C23H52N2. The third-order valence-electron chi connectivity index (χ3n) is 4.66. The third-order valence-corrected chi connectivity index (χ3v) is 4.66. The fourth-order valence-corrected chi connectivity index (χ4v) is 3.09. The van der Waals surface area contributed by atoms with Crippen LogP contribution in [0.3, 0.4) is 0 Å². The summed E-state index contributed by atoms with van der Waals surface area (Å²) in [6, 6.07) is 0. The Morgan fingerprint density at radius 3 is 1.24 bits per heavy atom. The molecule has 0 heterocycles. The van der Waals surface area contributed by atoms with Gasteiger partial charge in [-0.2, -0.15) is 0 Å². The molecule has 0 rings (SSSR count). The number of hydrogen-bond acceptors (Lipinski definition) is 2. The van der Waals surface area contributed by atoms with Crippen LogP contribution in [0.25, 0.3) is 0 Å². The van der Waals surface area contributed by atoms with Crippen molar-refractivity contribution in [3.8, 4) is 0 Å². The van der Waals surface area contributed by atoms with Gasteiger partial charge < -0.3 is 10.6 Å². The first kappa shape index (κ1) is 27.1. The topological polar surface area (TPSA) is 29.3 Å². The Hall–Kier alpha value is -0.0800. The van der Waals surface area contributed by atoms with Crippen LogP contribution in [0.2, 0.25) is 0 Å². The molecule has 2 N–H and O–H groups in total. The molecule has 0 saturated carbocycles. The van der Waals surface area contributed by atoms with E-state index in [9.17, 15) is 0 Å². The number of hydrogen-bond donors (Lipinski definition) is 1. The van der Waals surface area contributed by atoms with Gasteiger partial charge in [0.25, 0.3) is 0 Å². The maximum absolute atomic E-state index is 5.48. The standard InChI is InChI=1S/C18H39N.C5H13N/c1-18(2)16-14-12-10-8-6-4-3-5-7-9-11-13-15-17-19;1-4-5-6(2)3/h18H,3-17,19H2,1-2H3;4-5H2,1-3H3. The molecule has 0 aliphatic carbocycles. The van der Waals surface area contributed by atoms with E-state index in [0.717, 1.165) is 12.5 Å². The Labute approximate surface area is 161 Å². The Morgan fingerprint density at radius 2 is 1.00 bits per heavy atom. The monoisotopic (exact) mass is 356 g/mol. The first-order chi connectivity index (χ1) is 12.0. The summed E-state index contributed by atoms with van der Waals surface area (Å²) in [5.41, 5.74) is 5.48. The maximum atomic E-state index is 5.48. The maximum Gasteiger partial charge on any atom is -0.00275 e. The van der Waals surface area contributed by atoms with Crippen molar-refractivity contribution in [1.82, 2.24) is 4.90 Å². The molecule has 2 heteroatoms. The molecule has 0 spiro atoms. The van der Waals surface area contributed by atoms with Crippen LogP contribution in [0.15, 0.2) is 0 Å². The summed E-state index contributed by atoms with van der Waals surface area (Å²) in [6.07, 6.45) is 21.2. The summed E-state index contributed by atoms with van der Waals surface area (Å²) in [6.45, 7) is 8.92. The highest BCUT2D eigenvalue weighted by molar-refractivity contribution is 4.51. The predicted octanol–water partition coefficient (Wildman–Crippen LogP) is 7.02. The minimum Gasteiger partial charge on any atom is -0.330 e. The van der Waals surface area contributed by atoms with Crippen LogP contribution in [-0.4, -0.2) is 32.1 Å². The molecule has 0 radical (unpaired) electrons. The highest BCUT2D eigenvalue weighted by atomic mass is 15.0. The van der Waals surface area contributed by atoms with Crippen molar-refractivity contribution in [2.24, 2.45) is 11.7 Å². The molecule has 0 aromatic heterocycles. The van der Waals surface area contributed by atoms with Gasteiger partial charge in [0, 0.05) is 0 Å². The lowest BCUT2D eigenvalue weighted by Crippen LogP contribution is -2.11. The molecule has 0 fully saturated rings. The Kier molecular flexibility index (Phi) is 26.0. The van der Waals surface area contributed by atoms with Gasteiger partial charge in [0.2, 0.25) is 0 Å². The van der Waals surface area contributed by atoms with Gasteiger partial charge >= 0.3 is 0 Å². The second-order valence-corrected chi connectivity index (χ2v) is 8.37. The molecule has 0 aromatic carbocycles. The molecule has 0 saturated heterocycles. The zero-order valence-electron chi connectivity index (χ0n) is 18.6.